The van der Waals surface area contributed by atoms with Crippen molar-refractivity contribution in [3.05, 3.63) is 0 Å². The summed E-state index contributed by atoms with van der Waals surface area (Å²) < 4.78 is 68.3. The number of unbranched alkanes of at least 4 members (excludes halogenated alkanes) is 47. The lowest BCUT2D eigenvalue weighted by atomic mass is 9.99. The number of hydrogen-bond acceptors (Lipinski definition) is 15. The van der Waals surface area contributed by atoms with E-state index < -0.39 is 97.5 Å². The Kier molecular flexibility index (Phi) is 67.7. The van der Waals surface area contributed by atoms with Crippen molar-refractivity contribution in [3.63, 3.8) is 0 Å². The molecule has 0 saturated carbocycles. The summed E-state index contributed by atoms with van der Waals surface area (Å²) in [7, 11) is -9.90. The molecule has 19 heteroatoms. The first-order chi connectivity index (χ1) is 46.1. The Morgan fingerprint density at radius 1 is 0.295 bits per heavy atom. The third-order valence-electron chi connectivity index (χ3n) is 18.1. The van der Waals surface area contributed by atoms with Crippen LogP contribution in [0.3, 0.4) is 0 Å². The second kappa shape index (κ2) is 69.2. The molecule has 95 heavy (non-hydrogen) atoms. The van der Waals surface area contributed by atoms with Gasteiger partial charge in [-0.2, -0.15) is 0 Å². The number of esters is 4. The van der Waals surface area contributed by atoms with Crippen LogP contribution < -0.4 is 0 Å². The molecule has 564 valence electrons. The van der Waals surface area contributed by atoms with Gasteiger partial charge in [-0.1, -0.05) is 349 Å². The van der Waals surface area contributed by atoms with Gasteiger partial charge in [-0.3, -0.25) is 37.3 Å². The lowest BCUT2D eigenvalue weighted by Gasteiger charge is -2.21. The van der Waals surface area contributed by atoms with Crippen molar-refractivity contribution in [2.24, 2.45) is 5.92 Å². The molecule has 0 spiro atoms. The van der Waals surface area contributed by atoms with Crippen molar-refractivity contribution in [1.82, 2.24) is 0 Å². The fourth-order valence-corrected chi connectivity index (χ4v) is 13.3. The number of ether oxygens (including phenoxy) is 4. The normalized spacial score (nSPS) is 14.2. The summed E-state index contributed by atoms with van der Waals surface area (Å²) in [6, 6.07) is 0. The monoisotopic (exact) mass is 1400 g/mol. The van der Waals surface area contributed by atoms with Crippen LogP contribution in [0.4, 0.5) is 0 Å². The van der Waals surface area contributed by atoms with Gasteiger partial charge in [-0.15, -0.1) is 0 Å². The molecule has 0 rings (SSSR count). The zero-order valence-corrected chi connectivity index (χ0v) is 63.6. The molecule has 0 heterocycles. The lowest BCUT2D eigenvalue weighted by molar-refractivity contribution is -0.161. The molecular weight excluding hydrogens is 1250 g/mol. The van der Waals surface area contributed by atoms with E-state index in [9.17, 15) is 43.2 Å². The topological polar surface area (TPSA) is 237 Å². The van der Waals surface area contributed by atoms with Crippen LogP contribution in [0.2, 0.25) is 0 Å². The summed E-state index contributed by atoms with van der Waals surface area (Å²) >= 11 is 0. The summed E-state index contributed by atoms with van der Waals surface area (Å²) in [5, 5.41) is 10.6. The quantitative estimate of drug-likeness (QED) is 0.0222. The average molecular weight is 1400 g/mol. The third-order valence-corrected chi connectivity index (χ3v) is 20.0. The van der Waals surface area contributed by atoms with Crippen LogP contribution >= 0.6 is 15.6 Å². The first kappa shape index (κ1) is 93.1. The molecule has 0 aromatic carbocycles. The highest BCUT2D eigenvalue weighted by Crippen LogP contribution is 2.45. The van der Waals surface area contributed by atoms with Gasteiger partial charge < -0.3 is 33.8 Å². The van der Waals surface area contributed by atoms with Gasteiger partial charge in [0.15, 0.2) is 12.2 Å². The molecular formula is C76H148O17P2. The Balaban J connectivity index is 5.14. The molecule has 0 aliphatic heterocycles. The van der Waals surface area contributed by atoms with E-state index in [1.807, 2.05) is 0 Å². The maximum Gasteiger partial charge on any atom is 0.472 e. The van der Waals surface area contributed by atoms with E-state index in [-0.39, 0.29) is 25.7 Å². The number of phosphoric acid groups is 2. The minimum Gasteiger partial charge on any atom is -0.462 e. The predicted octanol–water partition coefficient (Wildman–Crippen LogP) is 22.5. The Hall–Kier alpha value is -1.94. The average Bonchev–Trinajstić information content (AvgIpc) is 3.08. The fourth-order valence-electron chi connectivity index (χ4n) is 11.7. The van der Waals surface area contributed by atoms with Crippen molar-refractivity contribution in [1.29, 1.82) is 0 Å². The van der Waals surface area contributed by atoms with Crippen LogP contribution in [0.1, 0.15) is 401 Å². The summed E-state index contributed by atoms with van der Waals surface area (Å²) in [6.07, 6.45) is 58.7. The largest absolute Gasteiger partial charge is 0.472 e. The molecule has 0 fully saturated rings. The number of phosphoric ester groups is 2. The van der Waals surface area contributed by atoms with E-state index in [2.05, 4.69) is 34.6 Å². The highest BCUT2D eigenvalue weighted by atomic mass is 31.2. The fraction of sp³-hybridized carbons (Fsp3) is 0.947. The van der Waals surface area contributed by atoms with Crippen molar-refractivity contribution >= 4 is 39.5 Å². The van der Waals surface area contributed by atoms with Gasteiger partial charge >= 0.3 is 39.5 Å². The minimum atomic E-state index is -4.95. The molecule has 0 aromatic heterocycles. The van der Waals surface area contributed by atoms with Gasteiger partial charge in [-0.25, -0.2) is 9.13 Å². The number of aliphatic hydroxyl groups excluding tert-OH is 1. The van der Waals surface area contributed by atoms with E-state index in [1.165, 1.54) is 218 Å². The standard InChI is InChI=1S/C76H148O17P2/c1-6-10-13-16-18-20-22-24-26-28-29-31-33-35-37-42-46-51-56-61-76(81)93-72(66-87-74(79)60-55-50-45-41-36-34-32-30-27-25-23-21-19-17-14-11-7-2)68-91-95(84,85)89-64-70(77)63-88-94(82,83)90-67-71(65-86-73(78)59-54-48-15-12-8-3)92-75(80)62-57-52-47-43-39-38-40-44-49-53-58-69(5)9-4/h69-72,77H,6-68H2,1-5H3,(H,82,83)(H,84,85)/t69?,70-,71+,72+/m0/s1. The minimum absolute atomic E-state index is 0.106. The van der Waals surface area contributed by atoms with Crippen LogP contribution in [0.5, 0.6) is 0 Å². The number of carbonyl (C=O) groups excluding carboxylic acids is 4. The van der Waals surface area contributed by atoms with Gasteiger partial charge in [0.2, 0.25) is 0 Å². The molecule has 0 aliphatic rings. The van der Waals surface area contributed by atoms with E-state index in [1.54, 1.807) is 0 Å². The van der Waals surface area contributed by atoms with Crippen molar-refractivity contribution in [2.45, 2.75) is 419 Å². The molecule has 0 amide bonds. The highest BCUT2D eigenvalue weighted by Gasteiger charge is 2.30. The van der Waals surface area contributed by atoms with E-state index in [0.29, 0.717) is 25.7 Å². The maximum absolute atomic E-state index is 13.1. The zero-order valence-electron chi connectivity index (χ0n) is 61.8. The van der Waals surface area contributed by atoms with E-state index in [0.717, 1.165) is 102 Å². The van der Waals surface area contributed by atoms with Gasteiger partial charge in [0.05, 0.1) is 26.4 Å². The van der Waals surface area contributed by atoms with Crippen LogP contribution in [0, 0.1) is 5.92 Å². The molecule has 0 saturated heterocycles. The maximum atomic E-state index is 13.1. The lowest BCUT2D eigenvalue weighted by Crippen LogP contribution is -2.30. The van der Waals surface area contributed by atoms with Gasteiger partial charge in [0.1, 0.15) is 19.3 Å². The highest BCUT2D eigenvalue weighted by molar-refractivity contribution is 7.47. The van der Waals surface area contributed by atoms with Gasteiger partial charge in [0, 0.05) is 25.7 Å². The molecule has 0 radical (unpaired) electrons. The number of aliphatic hydroxyl groups is 1. The predicted molar refractivity (Wildman–Crippen MR) is 386 cm³/mol. The molecule has 3 N–H and O–H groups in total. The van der Waals surface area contributed by atoms with E-state index >= 15 is 0 Å². The molecule has 17 nitrogen and oxygen atoms in total. The van der Waals surface area contributed by atoms with Crippen molar-refractivity contribution in [2.75, 3.05) is 39.6 Å². The summed E-state index contributed by atoms with van der Waals surface area (Å²) in [6.45, 7) is 7.23. The third kappa shape index (κ3) is 69.0. The molecule has 0 bridgehead atoms. The summed E-state index contributed by atoms with van der Waals surface area (Å²) in [5.41, 5.74) is 0. The first-order valence-corrected chi connectivity index (χ1v) is 42.7. The van der Waals surface area contributed by atoms with Crippen LogP contribution in [0.25, 0.3) is 0 Å². The van der Waals surface area contributed by atoms with Crippen molar-refractivity contribution < 1.29 is 80.2 Å². The number of hydrogen-bond donors (Lipinski definition) is 3. The zero-order chi connectivity index (χ0) is 69.8. The molecule has 0 aliphatic carbocycles. The Morgan fingerprint density at radius 2 is 0.505 bits per heavy atom. The Bertz CT molecular complexity index is 1820. The smallest absolute Gasteiger partial charge is 0.462 e. The number of carbonyl (C=O) groups is 4. The molecule has 3 unspecified atom stereocenters. The van der Waals surface area contributed by atoms with Gasteiger partial charge in [0.25, 0.3) is 0 Å². The van der Waals surface area contributed by atoms with Gasteiger partial charge in [-0.05, 0) is 31.6 Å². The second-order valence-corrected chi connectivity index (χ2v) is 30.5. The van der Waals surface area contributed by atoms with Crippen molar-refractivity contribution in [3.8, 4) is 0 Å². The number of rotatable bonds is 76. The van der Waals surface area contributed by atoms with Crippen LogP contribution in [0.15, 0.2) is 0 Å². The van der Waals surface area contributed by atoms with Crippen LogP contribution in [-0.2, 0) is 65.4 Å². The van der Waals surface area contributed by atoms with E-state index in [4.69, 9.17) is 37.0 Å². The SMILES string of the molecule is CCCCCCCCCCCCCCCCCCCCCC(=O)O[C@H](COC(=O)CCCCCCCCCCCCCCCCCCC)COP(=O)(O)OC[C@@H](O)COP(=O)(O)OC[C@@H](COC(=O)CCCCCCC)OC(=O)CCCCCCCCCCCCC(C)CC. The summed E-state index contributed by atoms with van der Waals surface area (Å²) in [4.78, 5) is 72.5. The molecule has 0 aromatic rings. The Labute approximate surface area is 581 Å². The molecule has 6 atom stereocenters. The van der Waals surface area contributed by atoms with Crippen LogP contribution in [-0.4, -0.2) is 96.7 Å². The Morgan fingerprint density at radius 3 is 0.747 bits per heavy atom. The second-order valence-electron chi connectivity index (χ2n) is 27.6. The first-order valence-electron chi connectivity index (χ1n) is 39.7. The summed E-state index contributed by atoms with van der Waals surface area (Å²) in [5.74, 6) is -1.32.